The molecule has 2 aromatic carbocycles. The first-order valence-electron chi connectivity index (χ1n) is 8.87. The molecule has 9 heteroatoms. The van der Waals surface area contributed by atoms with E-state index < -0.39 is 22.6 Å². The number of halogens is 2. The third-order valence-corrected chi connectivity index (χ3v) is 6.76. The number of sulfonamides is 1. The summed E-state index contributed by atoms with van der Waals surface area (Å²) in [7, 11) is -3.90. The molecular formula is C20H19Cl2NO5S. The van der Waals surface area contributed by atoms with Gasteiger partial charge < -0.3 is 4.74 Å². The average Bonchev–Trinajstić information content (AvgIpc) is 3.44. The van der Waals surface area contributed by atoms with E-state index >= 15 is 0 Å². The van der Waals surface area contributed by atoms with E-state index in [9.17, 15) is 18.0 Å². The molecule has 1 aliphatic rings. The molecule has 154 valence electrons. The molecule has 1 N–H and O–H groups in total. The fourth-order valence-electron chi connectivity index (χ4n) is 2.70. The molecule has 3 rings (SSSR count). The zero-order chi connectivity index (χ0) is 21.3. The first kappa shape index (κ1) is 21.8. The predicted molar refractivity (Wildman–Crippen MR) is 110 cm³/mol. The molecule has 0 unspecified atom stereocenters. The first-order valence-corrected chi connectivity index (χ1v) is 11.1. The predicted octanol–water partition coefficient (Wildman–Crippen LogP) is 4.09. The summed E-state index contributed by atoms with van der Waals surface area (Å²) < 4.78 is 32.5. The van der Waals surface area contributed by atoms with Crippen molar-refractivity contribution in [2.45, 2.75) is 37.6 Å². The van der Waals surface area contributed by atoms with Crippen molar-refractivity contribution in [3.63, 3.8) is 0 Å². The van der Waals surface area contributed by atoms with Crippen LogP contribution in [0.15, 0.2) is 35.2 Å². The van der Waals surface area contributed by atoms with Gasteiger partial charge in [0.05, 0.1) is 15.6 Å². The molecule has 0 radical (unpaired) electrons. The highest BCUT2D eigenvalue weighted by Gasteiger charge is 2.30. The number of nitrogens with one attached hydrogen (secondary N) is 1. The summed E-state index contributed by atoms with van der Waals surface area (Å²) in [6, 6.07) is 7.52. The number of aryl methyl sites for hydroxylation is 2. The van der Waals surface area contributed by atoms with Crippen LogP contribution in [0.4, 0.5) is 0 Å². The van der Waals surface area contributed by atoms with Gasteiger partial charge in [0, 0.05) is 11.6 Å². The van der Waals surface area contributed by atoms with Gasteiger partial charge in [-0.05, 0) is 50.5 Å². The summed E-state index contributed by atoms with van der Waals surface area (Å²) in [6.07, 6.45) is 1.50. The van der Waals surface area contributed by atoms with Crippen LogP contribution in [0.25, 0.3) is 0 Å². The van der Waals surface area contributed by atoms with E-state index in [0.717, 1.165) is 30.0 Å². The highest BCUT2D eigenvalue weighted by Crippen LogP contribution is 2.31. The van der Waals surface area contributed by atoms with Crippen LogP contribution in [0.2, 0.25) is 10.0 Å². The average molecular weight is 456 g/mol. The Morgan fingerprint density at radius 2 is 1.76 bits per heavy atom. The van der Waals surface area contributed by atoms with Crippen LogP contribution in [-0.4, -0.2) is 32.8 Å². The number of esters is 1. The van der Waals surface area contributed by atoms with Crippen LogP contribution in [0.3, 0.4) is 0 Å². The van der Waals surface area contributed by atoms with Gasteiger partial charge >= 0.3 is 5.97 Å². The van der Waals surface area contributed by atoms with E-state index in [0.29, 0.717) is 5.56 Å². The van der Waals surface area contributed by atoms with E-state index in [1.807, 2.05) is 19.1 Å². The van der Waals surface area contributed by atoms with Crippen molar-refractivity contribution < 1.29 is 22.7 Å². The molecule has 0 heterocycles. The molecule has 0 aliphatic heterocycles. The Morgan fingerprint density at radius 3 is 2.41 bits per heavy atom. The van der Waals surface area contributed by atoms with Crippen LogP contribution in [0, 0.1) is 13.8 Å². The standard InChI is InChI=1S/C20H19Cl2NO5S/c1-11-3-4-12(2)14(7-11)18(24)10-28-20(25)15-8-19(17(22)9-16(15)21)29(26,27)23-13-5-6-13/h3-4,7-9,13,23H,5-6,10H2,1-2H3. The summed E-state index contributed by atoms with van der Waals surface area (Å²) >= 11 is 12.1. The number of ketones is 1. The smallest absolute Gasteiger partial charge is 0.340 e. The summed E-state index contributed by atoms with van der Waals surface area (Å²) in [5.41, 5.74) is 1.95. The van der Waals surface area contributed by atoms with Gasteiger partial charge in [-0.3, -0.25) is 4.79 Å². The lowest BCUT2D eigenvalue weighted by Crippen LogP contribution is -2.26. The number of hydrogen-bond acceptors (Lipinski definition) is 5. The molecule has 0 amide bonds. The Labute approximate surface area is 179 Å². The largest absolute Gasteiger partial charge is 0.454 e. The monoisotopic (exact) mass is 455 g/mol. The van der Waals surface area contributed by atoms with Crippen molar-refractivity contribution in [1.29, 1.82) is 0 Å². The first-order chi connectivity index (χ1) is 13.6. The lowest BCUT2D eigenvalue weighted by atomic mass is 10.0. The molecule has 2 aromatic rings. The fraction of sp³-hybridized carbons (Fsp3) is 0.300. The van der Waals surface area contributed by atoms with Crippen LogP contribution in [-0.2, 0) is 14.8 Å². The summed E-state index contributed by atoms with van der Waals surface area (Å²) in [4.78, 5) is 24.6. The molecular weight excluding hydrogens is 437 g/mol. The van der Waals surface area contributed by atoms with Crippen molar-refractivity contribution in [2.24, 2.45) is 0 Å². The highest BCUT2D eigenvalue weighted by molar-refractivity contribution is 7.89. The van der Waals surface area contributed by atoms with E-state index in [1.54, 1.807) is 13.0 Å². The van der Waals surface area contributed by atoms with Gasteiger partial charge in [0.1, 0.15) is 4.90 Å². The van der Waals surface area contributed by atoms with Crippen molar-refractivity contribution in [2.75, 3.05) is 6.61 Å². The molecule has 0 saturated heterocycles. The summed E-state index contributed by atoms with van der Waals surface area (Å²) in [5, 5.41) is -0.171. The van der Waals surface area contributed by atoms with Gasteiger partial charge in [-0.15, -0.1) is 0 Å². The van der Waals surface area contributed by atoms with Gasteiger partial charge in [-0.1, -0.05) is 40.9 Å². The number of benzene rings is 2. The molecule has 1 saturated carbocycles. The Bertz CT molecular complexity index is 1090. The third kappa shape index (κ3) is 5.17. The van der Waals surface area contributed by atoms with Gasteiger partial charge in [-0.25, -0.2) is 17.9 Å². The number of Topliss-reactive ketones (excluding diaryl/α,β-unsaturated/α-hetero) is 1. The topological polar surface area (TPSA) is 89.5 Å². The maximum atomic E-state index is 12.5. The van der Waals surface area contributed by atoms with Gasteiger partial charge in [-0.2, -0.15) is 0 Å². The molecule has 0 spiro atoms. The molecule has 1 aliphatic carbocycles. The molecule has 1 fully saturated rings. The zero-order valence-corrected chi connectivity index (χ0v) is 18.1. The van der Waals surface area contributed by atoms with E-state index in [2.05, 4.69) is 4.72 Å². The van der Waals surface area contributed by atoms with Gasteiger partial charge in [0.25, 0.3) is 0 Å². The van der Waals surface area contributed by atoms with Gasteiger partial charge in [0.15, 0.2) is 6.61 Å². The zero-order valence-electron chi connectivity index (χ0n) is 15.8. The highest BCUT2D eigenvalue weighted by atomic mass is 35.5. The quantitative estimate of drug-likeness (QED) is 0.501. The minimum Gasteiger partial charge on any atom is -0.454 e. The second-order valence-corrected chi connectivity index (χ2v) is 9.47. The lowest BCUT2D eigenvalue weighted by Gasteiger charge is -2.12. The maximum absolute atomic E-state index is 12.5. The fourth-order valence-corrected chi connectivity index (χ4v) is 4.85. The van der Waals surface area contributed by atoms with Crippen molar-refractivity contribution >= 4 is 45.0 Å². The van der Waals surface area contributed by atoms with Crippen LogP contribution >= 0.6 is 23.2 Å². The molecule has 0 bridgehead atoms. The third-order valence-electron chi connectivity index (χ3n) is 4.46. The molecule has 0 atom stereocenters. The van der Waals surface area contributed by atoms with Gasteiger partial charge in [0.2, 0.25) is 15.8 Å². The normalized spacial score (nSPS) is 13.9. The van der Waals surface area contributed by atoms with E-state index in [1.165, 1.54) is 6.07 Å². The minimum atomic E-state index is -3.90. The molecule has 0 aromatic heterocycles. The van der Waals surface area contributed by atoms with Crippen LogP contribution < -0.4 is 4.72 Å². The SMILES string of the molecule is Cc1ccc(C)c(C(=O)COC(=O)c2cc(S(=O)(=O)NC3CC3)c(Cl)cc2Cl)c1. The number of ether oxygens (including phenoxy) is 1. The number of rotatable bonds is 7. The van der Waals surface area contributed by atoms with Crippen LogP contribution in [0.5, 0.6) is 0 Å². The number of carbonyl (C=O) groups is 2. The van der Waals surface area contributed by atoms with Crippen LogP contribution in [0.1, 0.15) is 44.7 Å². The number of hydrogen-bond donors (Lipinski definition) is 1. The Balaban J connectivity index is 1.79. The molecule has 6 nitrogen and oxygen atoms in total. The minimum absolute atomic E-state index is 0.0652. The maximum Gasteiger partial charge on any atom is 0.340 e. The van der Waals surface area contributed by atoms with Crippen molar-refractivity contribution in [3.8, 4) is 0 Å². The van der Waals surface area contributed by atoms with E-state index in [4.69, 9.17) is 27.9 Å². The Hall–Kier alpha value is -1.93. The summed E-state index contributed by atoms with van der Waals surface area (Å²) in [5.74, 6) is -1.28. The second kappa shape index (κ2) is 8.44. The van der Waals surface area contributed by atoms with Crippen molar-refractivity contribution in [3.05, 3.63) is 62.6 Å². The second-order valence-electron chi connectivity index (χ2n) is 6.98. The Morgan fingerprint density at radius 1 is 1.07 bits per heavy atom. The Kier molecular flexibility index (Phi) is 6.33. The number of carbonyl (C=O) groups excluding carboxylic acids is 2. The summed E-state index contributed by atoms with van der Waals surface area (Å²) in [6.45, 7) is 3.15. The lowest BCUT2D eigenvalue weighted by molar-refractivity contribution is 0.0474. The van der Waals surface area contributed by atoms with Crippen molar-refractivity contribution in [1.82, 2.24) is 4.72 Å². The van der Waals surface area contributed by atoms with E-state index in [-0.39, 0.29) is 32.3 Å². The molecule has 29 heavy (non-hydrogen) atoms.